The molecule has 1 unspecified atom stereocenters. The summed E-state index contributed by atoms with van der Waals surface area (Å²) in [6.07, 6.45) is 3.30. The molecule has 0 radical (unpaired) electrons. The molecule has 2 bridgehead atoms. The highest BCUT2D eigenvalue weighted by Crippen LogP contribution is 2.45. The summed E-state index contributed by atoms with van der Waals surface area (Å²) in [5.74, 6) is -0.272. The van der Waals surface area contributed by atoms with E-state index in [1.807, 2.05) is 6.07 Å². The number of benzene rings is 1. The summed E-state index contributed by atoms with van der Waals surface area (Å²) in [4.78, 5) is 31.6. The third-order valence-corrected chi connectivity index (χ3v) is 7.29. The SMILES string of the molecule is CCc1sc(-c2ccc(Br)cc2C)nc1C1C(=O)[C@@H]2CC[C@@H](C2)C1=O. The zero-order valence-electron chi connectivity index (χ0n) is 14.3. The van der Waals surface area contributed by atoms with Crippen molar-refractivity contribution in [3.8, 4) is 10.6 Å². The van der Waals surface area contributed by atoms with Crippen LogP contribution in [0, 0.1) is 18.8 Å². The van der Waals surface area contributed by atoms with E-state index in [-0.39, 0.29) is 23.4 Å². The molecule has 0 saturated heterocycles. The molecule has 5 heteroatoms. The first-order chi connectivity index (χ1) is 12.0. The number of rotatable bonds is 3. The molecule has 3 nitrogen and oxygen atoms in total. The van der Waals surface area contributed by atoms with Crippen LogP contribution in [-0.2, 0) is 16.0 Å². The van der Waals surface area contributed by atoms with Crippen molar-refractivity contribution in [2.45, 2.75) is 45.4 Å². The van der Waals surface area contributed by atoms with Gasteiger partial charge in [0.15, 0.2) is 11.6 Å². The van der Waals surface area contributed by atoms with Crippen LogP contribution in [0.15, 0.2) is 22.7 Å². The minimum Gasteiger partial charge on any atom is -0.298 e. The number of carbonyl (C=O) groups excluding carboxylic acids is 2. The van der Waals surface area contributed by atoms with Gasteiger partial charge in [0.1, 0.15) is 10.9 Å². The molecule has 1 aromatic carbocycles. The second-order valence-electron chi connectivity index (χ2n) is 7.08. The van der Waals surface area contributed by atoms with E-state index in [1.54, 1.807) is 11.3 Å². The average Bonchev–Trinajstić information content (AvgIpc) is 3.19. The van der Waals surface area contributed by atoms with Gasteiger partial charge < -0.3 is 0 Å². The monoisotopic (exact) mass is 417 g/mol. The van der Waals surface area contributed by atoms with Gasteiger partial charge in [-0.05, 0) is 50.3 Å². The number of nitrogens with zero attached hydrogens (tertiary/aromatic N) is 1. The highest BCUT2D eigenvalue weighted by molar-refractivity contribution is 9.10. The van der Waals surface area contributed by atoms with Crippen LogP contribution in [0.4, 0.5) is 0 Å². The van der Waals surface area contributed by atoms with Crippen LogP contribution in [0.3, 0.4) is 0 Å². The Hall–Kier alpha value is -1.33. The maximum Gasteiger partial charge on any atom is 0.152 e. The molecule has 0 amide bonds. The highest BCUT2D eigenvalue weighted by Gasteiger charge is 2.48. The number of aromatic nitrogens is 1. The van der Waals surface area contributed by atoms with Crippen molar-refractivity contribution in [1.29, 1.82) is 0 Å². The molecule has 2 aromatic rings. The molecule has 3 atom stereocenters. The Bertz CT molecular complexity index is 851. The Kier molecular flexibility index (Phi) is 4.40. The van der Waals surface area contributed by atoms with E-state index in [9.17, 15) is 9.59 Å². The number of ketones is 2. The summed E-state index contributed by atoms with van der Waals surface area (Å²) in [6, 6.07) is 6.13. The summed E-state index contributed by atoms with van der Waals surface area (Å²) >= 11 is 5.12. The van der Waals surface area contributed by atoms with Gasteiger partial charge in [-0.3, -0.25) is 9.59 Å². The van der Waals surface area contributed by atoms with Gasteiger partial charge in [0.2, 0.25) is 0 Å². The molecule has 2 aliphatic rings. The largest absolute Gasteiger partial charge is 0.298 e. The molecule has 0 N–H and O–H groups in total. The van der Waals surface area contributed by atoms with Crippen LogP contribution >= 0.6 is 27.3 Å². The quantitative estimate of drug-likeness (QED) is 0.652. The molecule has 25 heavy (non-hydrogen) atoms. The summed E-state index contributed by atoms with van der Waals surface area (Å²) in [5.41, 5.74) is 2.95. The fourth-order valence-corrected chi connectivity index (χ4v) is 5.81. The van der Waals surface area contributed by atoms with Gasteiger partial charge >= 0.3 is 0 Å². The number of hydrogen-bond donors (Lipinski definition) is 0. The standard InChI is InChI=1S/C20H20BrNO2S/c1-3-15-17(16-18(23)11-4-5-12(9-11)19(16)24)22-20(25-15)14-7-6-13(21)8-10(14)2/h6-8,11-12,16H,3-5,9H2,1-2H3/t11-,12+,16?. The smallest absolute Gasteiger partial charge is 0.152 e. The Morgan fingerprint density at radius 2 is 1.88 bits per heavy atom. The molecule has 4 rings (SSSR count). The van der Waals surface area contributed by atoms with E-state index in [0.717, 1.165) is 56.9 Å². The number of fused-ring (bicyclic) bond motifs is 2. The Balaban J connectivity index is 1.79. The highest BCUT2D eigenvalue weighted by atomic mass is 79.9. The predicted octanol–water partition coefficient (Wildman–Crippen LogP) is 5.10. The third kappa shape index (κ3) is 2.81. The number of thiazole rings is 1. The molecule has 2 aliphatic carbocycles. The van der Waals surface area contributed by atoms with E-state index < -0.39 is 5.92 Å². The number of Topliss-reactive ketones (excluding diaryl/α,β-unsaturated/α-hetero) is 2. The van der Waals surface area contributed by atoms with Crippen molar-refractivity contribution in [3.63, 3.8) is 0 Å². The average molecular weight is 418 g/mol. The lowest BCUT2D eigenvalue weighted by Crippen LogP contribution is -2.35. The van der Waals surface area contributed by atoms with E-state index in [1.165, 1.54) is 0 Å². The van der Waals surface area contributed by atoms with Crippen molar-refractivity contribution in [2.24, 2.45) is 11.8 Å². The maximum atomic E-state index is 12.9. The van der Waals surface area contributed by atoms with Crippen molar-refractivity contribution in [3.05, 3.63) is 38.8 Å². The van der Waals surface area contributed by atoms with Crippen LogP contribution in [0.1, 0.15) is 48.2 Å². The fraction of sp³-hybridized carbons (Fsp3) is 0.450. The molecule has 0 spiro atoms. The first-order valence-corrected chi connectivity index (χ1v) is 10.4. The van der Waals surface area contributed by atoms with Gasteiger partial charge in [-0.25, -0.2) is 4.98 Å². The van der Waals surface area contributed by atoms with Crippen molar-refractivity contribution in [2.75, 3.05) is 0 Å². The molecular weight excluding hydrogens is 398 g/mol. The third-order valence-electron chi connectivity index (χ3n) is 5.55. The zero-order valence-corrected chi connectivity index (χ0v) is 16.7. The van der Waals surface area contributed by atoms with Crippen LogP contribution < -0.4 is 0 Å². The number of aryl methyl sites for hydroxylation is 2. The minimum absolute atomic E-state index is 0.0666. The number of hydrogen-bond acceptors (Lipinski definition) is 4. The topological polar surface area (TPSA) is 47.0 Å². The van der Waals surface area contributed by atoms with Crippen molar-refractivity contribution in [1.82, 2.24) is 4.98 Å². The summed E-state index contributed by atoms with van der Waals surface area (Å²) in [5, 5.41) is 0.912. The fourth-order valence-electron chi connectivity index (χ4n) is 4.20. The van der Waals surface area contributed by atoms with E-state index in [0.29, 0.717) is 0 Å². The Labute approximate surface area is 160 Å². The Morgan fingerprint density at radius 1 is 1.20 bits per heavy atom. The van der Waals surface area contributed by atoms with Gasteiger partial charge in [0.25, 0.3) is 0 Å². The van der Waals surface area contributed by atoms with Gasteiger partial charge in [0.05, 0.1) is 5.69 Å². The Morgan fingerprint density at radius 3 is 2.48 bits per heavy atom. The number of halogens is 1. The molecule has 2 saturated carbocycles. The van der Waals surface area contributed by atoms with Gasteiger partial charge in [-0.2, -0.15) is 0 Å². The summed E-state index contributed by atoms with van der Waals surface area (Å²) < 4.78 is 1.04. The molecule has 2 fully saturated rings. The lowest BCUT2D eigenvalue weighted by Gasteiger charge is -2.24. The summed E-state index contributed by atoms with van der Waals surface area (Å²) in [7, 11) is 0. The predicted molar refractivity (Wildman–Crippen MR) is 103 cm³/mol. The minimum atomic E-state index is -0.623. The molecule has 0 aliphatic heterocycles. The van der Waals surface area contributed by atoms with E-state index in [4.69, 9.17) is 4.98 Å². The number of carbonyl (C=O) groups is 2. The van der Waals surface area contributed by atoms with Crippen molar-refractivity contribution < 1.29 is 9.59 Å². The normalized spacial score (nSPS) is 25.6. The van der Waals surface area contributed by atoms with Gasteiger partial charge in [0, 0.05) is 26.7 Å². The molecular formula is C20H20BrNO2S. The lowest BCUT2D eigenvalue weighted by molar-refractivity contribution is -0.136. The maximum absolute atomic E-state index is 12.9. The van der Waals surface area contributed by atoms with Crippen LogP contribution in [0.2, 0.25) is 0 Å². The molecule has 1 heterocycles. The van der Waals surface area contributed by atoms with E-state index in [2.05, 4.69) is 41.9 Å². The van der Waals surface area contributed by atoms with E-state index >= 15 is 0 Å². The van der Waals surface area contributed by atoms with Gasteiger partial charge in [-0.1, -0.05) is 28.9 Å². The first-order valence-electron chi connectivity index (χ1n) is 8.83. The molecule has 130 valence electrons. The zero-order chi connectivity index (χ0) is 17.7. The van der Waals surface area contributed by atoms with Crippen LogP contribution in [0.25, 0.3) is 10.6 Å². The molecule has 1 aromatic heterocycles. The first kappa shape index (κ1) is 17.1. The second kappa shape index (κ2) is 6.44. The second-order valence-corrected chi connectivity index (χ2v) is 9.08. The summed E-state index contributed by atoms with van der Waals surface area (Å²) in [6.45, 7) is 4.13. The van der Waals surface area contributed by atoms with Crippen LogP contribution in [-0.4, -0.2) is 16.6 Å². The van der Waals surface area contributed by atoms with Crippen LogP contribution in [0.5, 0.6) is 0 Å². The van der Waals surface area contributed by atoms with Gasteiger partial charge in [-0.15, -0.1) is 11.3 Å². The van der Waals surface area contributed by atoms with Crippen molar-refractivity contribution >= 4 is 38.8 Å². The lowest BCUT2D eigenvalue weighted by atomic mass is 9.77.